The van der Waals surface area contributed by atoms with Crippen molar-refractivity contribution in [2.75, 3.05) is 13.2 Å². The number of benzene rings is 1. The Labute approximate surface area is 118 Å². The fourth-order valence-electron chi connectivity index (χ4n) is 2.28. The molecule has 0 aliphatic carbocycles. The third-order valence-corrected chi connectivity index (χ3v) is 3.19. The molecule has 0 spiro atoms. The summed E-state index contributed by atoms with van der Waals surface area (Å²) in [5.41, 5.74) is 1.31. The van der Waals surface area contributed by atoms with Crippen LogP contribution in [0.2, 0.25) is 0 Å². The molecule has 19 heavy (non-hydrogen) atoms. The zero-order chi connectivity index (χ0) is 14.3. The molecule has 0 fully saturated rings. The van der Waals surface area contributed by atoms with Gasteiger partial charge < -0.3 is 10.1 Å². The average Bonchev–Trinajstić information content (AvgIpc) is 2.38. The first-order valence-corrected chi connectivity index (χ1v) is 7.46. The summed E-state index contributed by atoms with van der Waals surface area (Å²) in [5.74, 6) is 1.06. The van der Waals surface area contributed by atoms with Gasteiger partial charge in [-0.05, 0) is 23.9 Å². The van der Waals surface area contributed by atoms with Crippen molar-refractivity contribution in [1.82, 2.24) is 5.32 Å². The van der Waals surface area contributed by atoms with E-state index in [9.17, 15) is 0 Å². The van der Waals surface area contributed by atoms with Gasteiger partial charge in [0.15, 0.2) is 0 Å². The molecule has 0 saturated carbocycles. The molecule has 1 aromatic carbocycles. The molecule has 0 bridgehead atoms. The number of likely N-dealkylation sites (N-methyl/N-ethyl adjacent to an activating group) is 1. The minimum absolute atomic E-state index is 0.213. The van der Waals surface area contributed by atoms with Gasteiger partial charge in [-0.2, -0.15) is 0 Å². The van der Waals surface area contributed by atoms with Crippen molar-refractivity contribution in [3.63, 3.8) is 0 Å². The summed E-state index contributed by atoms with van der Waals surface area (Å²) in [7, 11) is 0. The van der Waals surface area contributed by atoms with Gasteiger partial charge in [-0.1, -0.05) is 65.0 Å². The molecule has 0 aliphatic heterocycles. The van der Waals surface area contributed by atoms with Crippen molar-refractivity contribution >= 4 is 0 Å². The van der Waals surface area contributed by atoms with Crippen LogP contribution in [0.25, 0.3) is 0 Å². The lowest BCUT2D eigenvalue weighted by molar-refractivity contribution is -0.0164. The van der Waals surface area contributed by atoms with Crippen molar-refractivity contribution < 1.29 is 4.74 Å². The lowest BCUT2D eigenvalue weighted by Gasteiger charge is -2.32. The van der Waals surface area contributed by atoms with Crippen LogP contribution in [-0.2, 0) is 4.74 Å². The minimum atomic E-state index is 0.213. The Morgan fingerprint density at radius 3 is 2.16 bits per heavy atom. The van der Waals surface area contributed by atoms with Gasteiger partial charge in [0, 0.05) is 6.61 Å². The molecule has 2 heteroatoms. The van der Waals surface area contributed by atoms with Gasteiger partial charge >= 0.3 is 0 Å². The monoisotopic (exact) mass is 263 g/mol. The van der Waals surface area contributed by atoms with Crippen LogP contribution in [0.4, 0.5) is 0 Å². The normalized spacial score (nSPS) is 14.9. The molecule has 0 heterocycles. The topological polar surface area (TPSA) is 21.3 Å². The molecule has 0 radical (unpaired) electrons. The molecule has 2 unspecified atom stereocenters. The molecule has 1 aromatic rings. The largest absolute Gasteiger partial charge is 0.376 e. The Balaban J connectivity index is 2.86. The third kappa shape index (κ3) is 5.33. The molecule has 2 nitrogen and oxygen atoms in total. The Morgan fingerprint density at radius 1 is 1.05 bits per heavy atom. The first-order chi connectivity index (χ1) is 9.06. The summed E-state index contributed by atoms with van der Waals surface area (Å²) < 4.78 is 6.17. The third-order valence-electron chi connectivity index (χ3n) is 3.19. The Bertz CT molecular complexity index is 334. The van der Waals surface area contributed by atoms with Crippen LogP contribution in [0.1, 0.15) is 46.2 Å². The van der Waals surface area contributed by atoms with Crippen LogP contribution in [-0.4, -0.2) is 19.3 Å². The van der Waals surface area contributed by atoms with E-state index in [-0.39, 0.29) is 12.1 Å². The van der Waals surface area contributed by atoms with Crippen LogP contribution in [0.5, 0.6) is 0 Å². The maximum Gasteiger partial charge on any atom is 0.0792 e. The van der Waals surface area contributed by atoms with E-state index in [0.29, 0.717) is 11.8 Å². The Hall–Kier alpha value is -0.860. The second kappa shape index (κ2) is 8.34. The van der Waals surface area contributed by atoms with E-state index in [2.05, 4.69) is 70.3 Å². The lowest BCUT2D eigenvalue weighted by Crippen LogP contribution is -2.38. The van der Waals surface area contributed by atoms with Crippen molar-refractivity contribution in [2.45, 2.75) is 46.8 Å². The van der Waals surface area contributed by atoms with E-state index >= 15 is 0 Å². The fourth-order valence-corrected chi connectivity index (χ4v) is 2.28. The van der Waals surface area contributed by atoms with E-state index in [1.165, 1.54) is 5.56 Å². The van der Waals surface area contributed by atoms with E-state index < -0.39 is 0 Å². The van der Waals surface area contributed by atoms with E-state index in [1.54, 1.807) is 0 Å². The van der Waals surface area contributed by atoms with Gasteiger partial charge in [-0.15, -0.1) is 0 Å². The molecular weight excluding hydrogens is 234 g/mol. The maximum absolute atomic E-state index is 6.17. The highest BCUT2D eigenvalue weighted by Gasteiger charge is 2.26. The van der Waals surface area contributed by atoms with Gasteiger partial charge in [-0.3, -0.25) is 0 Å². The second-order valence-corrected chi connectivity index (χ2v) is 5.88. The quantitative estimate of drug-likeness (QED) is 0.764. The van der Waals surface area contributed by atoms with Crippen LogP contribution >= 0.6 is 0 Å². The first kappa shape index (κ1) is 16.2. The van der Waals surface area contributed by atoms with Crippen molar-refractivity contribution in [3.05, 3.63) is 35.9 Å². The summed E-state index contributed by atoms with van der Waals surface area (Å²) in [6.07, 6.45) is 0.213. The molecule has 0 amide bonds. The molecule has 2 atom stereocenters. The van der Waals surface area contributed by atoms with Gasteiger partial charge in [0.1, 0.15) is 0 Å². The number of ether oxygens (including phenoxy) is 1. The van der Waals surface area contributed by atoms with Gasteiger partial charge in [0.05, 0.1) is 12.1 Å². The zero-order valence-corrected chi connectivity index (χ0v) is 13.0. The average molecular weight is 263 g/mol. The fraction of sp³-hybridized carbons (Fsp3) is 0.647. The Morgan fingerprint density at radius 2 is 1.68 bits per heavy atom. The molecule has 1 rings (SSSR count). The zero-order valence-electron chi connectivity index (χ0n) is 13.0. The molecular formula is C17H29NO. The van der Waals surface area contributed by atoms with Crippen LogP contribution in [0.15, 0.2) is 30.3 Å². The minimum Gasteiger partial charge on any atom is -0.376 e. The molecule has 1 N–H and O–H groups in total. The maximum atomic E-state index is 6.17. The Kier molecular flexibility index (Phi) is 7.11. The highest BCUT2D eigenvalue weighted by molar-refractivity contribution is 5.20. The number of nitrogens with one attached hydrogen (secondary N) is 1. The molecule has 0 aromatic heterocycles. The predicted molar refractivity (Wildman–Crippen MR) is 82.3 cm³/mol. The van der Waals surface area contributed by atoms with Gasteiger partial charge in [0.25, 0.3) is 0 Å². The number of hydrogen-bond acceptors (Lipinski definition) is 2. The van der Waals surface area contributed by atoms with Crippen molar-refractivity contribution in [2.24, 2.45) is 11.8 Å². The summed E-state index contributed by atoms with van der Waals surface area (Å²) in [4.78, 5) is 0. The summed E-state index contributed by atoms with van der Waals surface area (Å²) >= 11 is 0. The summed E-state index contributed by atoms with van der Waals surface area (Å²) in [5, 5.41) is 3.58. The van der Waals surface area contributed by atoms with Crippen molar-refractivity contribution in [3.8, 4) is 0 Å². The summed E-state index contributed by atoms with van der Waals surface area (Å²) in [6, 6.07) is 10.9. The highest BCUT2D eigenvalue weighted by atomic mass is 16.5. The van der Waals surface area contributed by atoms with E-state index in [1.807, 2.05) is 0 Å². The summed E-state index contributed by atoms with van der Waals surface area (Å²) in [6.45, 7) is 12.8. The number of hydrogen-bond donors (Lipinski definition) is 1. The van der Waals surface area contributed by atoms with E-state index in [0.717, 1.165) is 13.2 Å². The molecule has 0 aliphatic rings. The molecule has 108 valence electrons. The molecule has 0 saturated heterocycles. The standard InChI is InChI=1S/C17H29NO/c1-6-18-16(15-10-8-7-9-11-15)17(14(4)5)19-12-13(2)3/h7-11,13-14,16-18H,6,12H2,1-5H3. The van der Waals surface area contributed by atoms with Crippen LogP contribution in [0, 0.1) is 11.8 Å². The van der Waals surface area contributed by atoms with E-state index in [4.69, 9.17) is 4.74 Å². The van der Waals surface area contributed by atoms with Crippen LogP contribution < -0.4 is 5.32 Å². The highest BCUT2D eigenvalue weighted by Crippen LogP contribution is 2.25. The lowest BCUT2D eigenvalue weighted by atomic mass is 9.93. The first-order valence-electron chi connectivity index (χ1n) is 7.46. The van der Waals surface area contributed by atoms with Crippen molar-refractivity contribution in [1.29, 1.82) is 0 Å². The van der Waals surface area contributed by atoms with Gasteiger partial charge in [-0.25, -0.2) is 0 Å². The van der Waals surface area contributed by atoms with Gasteiger partial charge in [0.2, 0.25) is 0 Å². The SMILES string of the molecule is CCNC(c1ccccc1)C(OCC(C)C)C(C)C. The predicted octanol–water partition coefficient (Wildman–Crippen LogP) is 4.03. The number of rotatable bonds is 8. The second-order valence-electron chi connectivity index (χ2n) is 5.88. The smallest absolute Gasteiger partial charge is 0.0792 e. The van der Waals surface area contributed by atoms with Crippen LogP contribution in [0.3, 0.4) is 0 Å².